The highest BCUT2D eigenvalue weighted by atomic mass is 32.2. The average molecular weight is 348 g/mol. The summed E-state index contributed by atoms with van der Waals surface area (Å²) in [4.78, 5) is 1.10. The highest BCUT2D eigenvalue weighted by molar-refractivity contribution is 7.98. The van der Waals surface area contributed by atoms with E-state index in [-0.39, 0.29) is 5.82 Å². The zero-order valence-corrected chi connectivity index (χ0v) is 14.6. The quantitative estimate of drug-likeness (QED) is 0.453. The predicted octanol–water partition coefficient (Wildman–Crippen LogP) is 5.53. The summed E-state index contributed by atoms with van der Waals surface area (Å²) in [6, 6.07) is 22.4. The number of halogens is 1. The van der Waals surface area contributed by atoms with Gasteiger partial charge in [0.2, 0.25) is 0 Å². The van der Waals surface area contributed by atoms with Crippen LogP contribution in [0.4, 0.5) is 4.39 Å². The molecular formula is C22H17FOS. The predicted molar refractivity (Wildman–Crippen MR) is 101 cm³/mol. The summed E-state index contributed by atoms with van der Waals surface area (Å²) in [5, 5.41) is 0. The van der Waals surface area contributed by atoms with E-state index in [4.69, 9.17) is 4.74 Å². The molecule has 3 aromatic carbocycles. The van der Waals surface area contributed by atoms with Gasteiger partial charge >= 0.3 is 0 Å². The number of methoxy groups -OCH3 is 1. The van der Waals surface area contributed by atoms with Crippen molar-refractivity contribution in [2.75, 3.05) is 7.11 Å². The molecule has 3 rings (SSSR count). The Morgan fingerprint density at radius 3 is 2.40 bits per heavy atom. The molecule has 0 unspecified atom stereocenters. The van der Waals surface area contributed by atoms with Gasteiger partial charge in [0.25, 0.3) is 0 Å². The Bertz CT molecular complexity index is 893. The Morgan fingerprint density at radius 1 is 0.920 bits per heavy atom. The molecule has 0 aromatic heterocycles. The van der Waals surface area contributed by atoms with Gasteiger partial charge in [-0.1, -0.05) is 42.2 Å². The van der Waals surface area contributed by atoms with Crippen LogP contribution in [0, 0.1) is 17.7 Å². The van der Waals surface area contributed by atoms with Crippen LogP contribution in [0.3, 0.4) is 0 Å². The molecule has 0 saturated heterocycles. The summed E-state index contributed by atoms with van der Waals surface area (Å²) in [7, 11) is 1.64. The summed E-state index contributed by atoms with van der Waals surface area (Å²) < 4.78 is 18.3. The smallest absolute Gasteiger partial charge is 0.123 e. The van der Waals surface area contributed by atoms with Gasteiger partial charge in [-0.25, -0.2) is 4.39 Å². The van der Waals surface area contributed by atoms with E-state index in [1.54, 1.807) is 31.0 Å². The molecule has 3 heteroatoms. The van der Waals surface area contributed by atoms with Crippen LogP contribution in [-0.4, -0.2) is 7.11 Å². The first kappa shape index (κ1) is 17.1. The largest absolute Gasteiger partial charge is 0.497 e. The molecule has 0 fully saturated rings. The standard InChI is InChI=1S/C22H17FOS/c1-24-21-13-14-22(25-16-18-5-3-2-4-6-18)19(15-21)10-7-17-8-11-20(23)12-9-17/h2-6,8-9,11-15H,16H2,1H3. The zero-order chi connectivity index (χ0) is 17.5. The fraction of sp³-hybridized carbons (Fsp3) is 0.0909. The molecule has 3 aromatic rings. The van der Waals surface area contributed by atoms with Gasteiger partial charge in [-0.05, 0) is 48.0 Å². The van der Waals surface area contributed by atoms with Gasteiger partial charge in [-0.15, -0.1) is 11.8 Å². The fourth-order valence-corrected chi connectivity index (χ4v) is 3.21. The molecule has 0 radical (unpaired) electrons. The molecule has 0 heterocycles. The van der Waals surface area contributed by atoms with E-state index in [1.807, 2.05) is 36.4 Å². The first-order valence-electron chi connectivity index (χ1n) is 7.87. The third-order valence-electron chi connectivity index (χ3n) is 3.61. The number of hydrogen-bond donors (Lipinski definition) is 0. The van der Waals surface area contributed by atoms with Crippen molar-refractivity contribution in [2.45, 2.75) is 10.6 Å². The first-order chi connectivity index (χ1) is 12.2. The van der Waals surface area contributed by atoms with Crippen LogP contribution in [0.15, 0.2) is 77.7 Å². The summed E-state index contributed by atoms with van der Waals surface area (Å²) in [5.74, 6) is 7.67. The van der Waals surface area contributed by atoms with Gasteiger partial charge in [0.15, 0.2) is 0 Å². The lowest BCUT2D eigenvalue weighted by atomic mass is 10.1. The van der Waals surface area contributed by atoms with Gasteiger partial charge in [0.1, 0.15) is 11.6 Å². The third-order valence-corrected chi connectivity index (χ3v) is 4.75. The number of hydrogen-bond acceptors (Lipinski definition) is 2. The van der Waals surface area contributed by atoms with Crippen LogP contribution in [0.1, 0.15) is 16.7 Å². The minimum absolute atomic E-state index is 0.258. The lowest BCUT2D eigenvalue weighted by molar-refractivity contribution is 0.414. The Labute approximate surface area is 151 Å². The molecule has 0 atom stereocenters. The zero-order valence-electron chi connectivity index (χ0n) is 13.8. The Hall–Kier alpha value is -2.70. The van der Waals surface area contributed by atoms with Crippen molar-refractivity contribution >= 4 is 11.8 Å². The highest BCUT2D eigenvalue weighted by Gasteiger charge is 2.04. The van der Waals surface area contributed by atoms with Crippen LogP contribution in [-0.2, 0) is 5.75 Å². The molecule has 0 spiro atoms. The van der Waals surface area contributed by atoms with Crippen molar-refractivity contribution < 1.29 is 9.13 Å². The van der Waals surface area contributed by atoms with Crippen molar-refractivity contribution in [2.24, 2.45) is 0 Å². The first-order valence-corrected chi connectivity index (χ1v) is 8.85. The normalized spacial score (nSPS) is 10.0. The van der Waals surface area contributed by atoms with Crippen LogP contribution < -0.4 is 4.74 Å². The van der Waals surface area contributed by atoms with E-state index < -0.39 is 0 Å². The molecule has 0 bridgehead atoms. The molecule has 0 aliphatic heterocycles. The van der Waals surface area contributed by atoms with Gasteiger partial charge < -0.3 is 4.74 Å². The second-order valence-corrected chi connectivity index (χ2v) is 6.41. The number of benzene rings is 3. The molecule has 0 N–H and O–H groups in total. The molecule has 0 aliphatic rings. The summed E-state index contributed by atoms with van der Waals surface area (Å²) in [6.07, 6.45) is 0. The average Bonchev–Trinajstić information content (AvgIpc) is 2.67. The molecule has 25 heavy (non-hydrogen) atoms. The van der Waals surface area contributed by atoms with Crippen LogP contribution in [0.25, 0.3) is 0 Å². The Morgan fingerprint density at radius 2 is 1.68 bits per heavy atom. The van der Waals surface area contributed by atoms with Gasteiger partial charge in [-0.2, -0.15) is 0 Å². The van der Waals surface area contributed by atoms with Crippen LogP contribution >= 0.6 is 11.8 Å². The number of thioether (sulfide) groups is 1. The molecule has 0 aliphatic carbocycles. The molecule has 124 valence electrons. The molecule has 0 saturated carbocycles. The summed E-state index contributed by atoms with van der Waals surface area (Å²) >= 11 is 1.74. The van der Waals surface area contributed by atoms with Gasteiger partial charge in [0.05, 0.1) is 7.11 Å². The van der Waals surface area contributed by atoms with Crippen molar-refractivity contribution in [1.82, 2.24) is 0 Å². The Kier molecular flexibility index (Phi) is 5.77. The monoisotopic (exact) mass is 348 g/mol. The van der Waals surface area contributed by atoms with Crippen LogP contribution in [0.2, 0.25) is 0 Å². The third kappa shape index (κ3) is 4.89. The molecule has 1 nitrogen and oxygen atoms in total. The van der Waals surface area contributed by atoms with Crippen molar-refractivity contribution in [1.29, 1.82) is 0 Å². The maximum atomic E-state index is 13.0. The second kappa shape index (κ2) is 8.41. The maximum Gasteiger partial charge on any atom is 0.123 e. The van der Waals surface area contributed by atoms with Crippen LogP contribution in [0.5, 0.6) is 5.75 Å². The maximum absolute atomic E-state index is 13.0. The van der Waals surface area contributed by atoms with E-state index in [0.717, 1.165) is 27.5 Å². The lowest BCUT2D eigenvalue weighted by Crippen LogP contribution is -1.88. The van der Waals surface area contributed by atoms with Gasteiger partial charge in [0, 0.05) is 21.8 Å². The van der Waals surface area contributed by atoms with Crippen molar-refractivity contribution in [3.8, 4) is 17.6 Å². The van der Waals surface area contributed by atoms with E-state index >= 15 is 0 Å². The second-order valence-electron chi connectivity index (χ2n) is 5.39. The van der Waals surface area contributed by atoms with Gasteiger partial charge in [-0.3, -0.25) is 0 Å². The van der Waals surface area contributed by atoms with E-state index in [9.17, 15) is 4.39 Å². The number of ether oxygens (including phenoxy) is 1. The topological polar surface area (TPSA) is 9.23 Å². The summed E-state index contributed by atoms with van der Waals surface area (Å²) in [6.45, 7) is 0. The SMILES string of the molecule is COc1ccc(SCc2ccccc2)c(C#Cc2ccc(F)cc2)c1. The van der Waals surface area contributed by atoms with E-state index in [0.29, 0.717) is 0 Å². The van der Waals surface area contributed by atoms with E-state index in [1.165, 1.54) is 17.7 Å². The van der Waals surface area contributed by atoms with E-state index in [2.05, 4.69) is 24.0 Å². The molecule has 0 amide bonds. The van der Waals surface area contributed by atoms with Crippen molar-refractivity contribution in [3.63, 3.8) is 0 Å². The molecular weight excluding hydrogens is 331 g/mol. The lowest BCUT2D eigenvalue weighted by Gasteiger charge is -2.07. The fourth-order valence-electron chi connectivity index (χ4n) is 2.27. The van der Waals surface area contributed by atoms with Crippen molar-refractivity contribution in [3.05, 3.63) is 95.3 Å². The minimum Gasteiger partial charge on any atom is -0.497 e. The summed E-state index contributed by atoms with van der Waals surface area (Å²) in [5.41, 5.74) is 2.95. The highest BCUT2D eigenvalue weighted by Crippen LogP contribution is 2.29. The minimum atomic E-state index is -0.258. The number of rotatable bonds is 4. The Balaban J connectivity index is 1.84.